The van der Waals surface area contributed by atoms with E-state index in [0.717, 1.165) is 0 Å². The van der Waals surface area contributed by atoms with Crippen molar-refractivity contribution in [3.8, 4) is 11.8 Å². The standard InChI is InChI=1S/C14H20N2O4/c1-5-6-11(17)16-8-7-10(16)13(18)15(4)12(9(2)3)14(19)20/h9-10,12H,7-8H2,1-4H3,(H,19,20)/t10-,12?/m1/s1. The first-order chi connectivity index (χ1) is 9.31. The maximum absolute atomic E-state index is 12.3. The molecule has 0 bridgehead atoms. The first-order valence-electron chi connectivity index (χ1n) is 6.54. The second kappa shape index (κ2) is 6.42. The van der Waals surface area contributed by atoms with Crippen molar-refractivity contribution in [2.75, 3.05) is 13.6 Å². The van der Waals surface area contributed by atoms with Crippen molar-refractivity contribution in [3.05, 3.63) is 0 Å². The molecule has 1 saturated heterocycles. The third kappa shape index (κ3) is 3.10. The van der Waals surface area contributed by atoms with Crippen molar-refractivity contribution in [2.24, 2.45) is 5.92 Å². The van der Waals surface area contributed by atoms with Crippen LogP contribution in [0.2, 0.25) is 0 Å². The summed E-state index contributed by atoms with van der Waals surface area (Å²) in [5, 5.41) is 9.20. The second-order valence-corrected chi connectivity index (χ2v) is 5.15. The first-order valence-corrected chi connectivity index (χ1v) is 6.54. The van der Waals surface area contributed by atoms with E-state index in [-0.39, 0.29) is 17.7 Å². The van der Waals surface area contributed by atoms with Gasteiger partial charge in [-0.25, -0.2) is 4.79 Å². The van der Waals surface area contributed by atoms with Gasteiger partial charge in [0.1, 0.15) is 12.1 Å². The number of likely N-dealkylation sites (N-methyl/N-ethyl adjacent to an activating group) is 1. The van der Waals surface area contributed by atoms with Crippen LogP contribution in [0, 0.1) is 17.8 Å². The lowest BCUT2D eigenvalue weighted by molar-refractivity contribution is -0.157. The number of nitrogens with zero attached hydrogens (tertiary/aromatic N) is 2. The predicted molar refractivity (Wildman–Crippen MR) is 72.6 cm³/mol. The summed E-state index contributed by atoms with van der Waals surface area (Å²) in [7, 11) is 1.47. The van der Waals surface area contributed by atoms with E-state index in [9.17, 15) is 19.5 Å². The molecule has 1 heterocycles. The topological polar surface area (TPSA) is 77.9 Å². The molecule has 1 N–H and O–H groups in total. The highest BCUT2D eigenvalue weighted by molar-refractivity contribution is 5.98. The number of carbonyl (C=O) groups is 3. The van der Waals surface area contributed by atoms with Crippen LogP contribution in [0.15, 0.2) is 0 Å². The van der Waals surface area contributed by atoms with Crippen molar-refractivity contribution in [2.45, 2.75) is 39.3 Å². The van der Waals surface area contributed by atoms with E-state index >= 15 is 0 Å². The third-order valence-corrected chi connectivity index (χ3v) is 3.45. The molecular weight excluding hydrogens is 260 g/mol. The van der Waals surface area contributed by atoms with Crippen LogP contribution in [-0.4, -0.2) is 58.4 Å². The van der Waals surface area contributed by atoms with Gasteiger partial charge in [-0.2, -0.15) is 0 Å². The van der Waals surface area contributed by atoms with Crippen LogP contribution in [0.5, 0.6) is 0 Å². The number of likely N-dealkylation sites (tertiary alicyclic amines) is 1. The van der Waals surface area contributed by atoms with Gasteiger partial charge in [-0.15, -0.1) is 0 Å². The highest BCUT2D eigenvalue weighted by atomic mass is 16.4. The molecule has 0 spiro atoms. The molecule has 0 saturated carbocycles. The molecule has 1 rings (SSSR count). The Morgan fingerprint density at radius 2 is 1.95 bits per heavy atom. The molecule has 2 atom stereocenters. The summed E-state index contributed by atoms with van der Waals surface area (Å²) in [5.41, 5.74) is 0. The number of hydrogen-bond acceptors (Lipinski definition) is 3. The highest BCUT2D eigenvalue weighted by Crippen LogP contribution is 2.21. The van der Waals surface area contributed by atoms with E-state index in [1.807, 2.05) is 0 Å². The molecule has 0 radical (unpaired) electrons. The van der Waals surface area contributed by atoms with Crippen molar-refractivity contribution in [1.82, 2.24) is 9.80 Å². The number of carboxylic acids is 1. The zero-order valence-electron chi connectivity index (χ0n) is 12.2. The maximum atomic E-state index is 12.3. The SMILES string of the molecule is CC#CC(=O)N1CC[C@@H]1C(=O)N(C)C(C(=O)O)C(C)C. The molecule has 0 aliphatic carbocycles. The minimum Gasteiger partial charge on any atom is -0.480 e. The number of carbonyl (C=O) groups excluding carboxylic acids is 2. The molecule has 1 aliphatic heterocycles. The Bertz CT molecular complexity index is 475. The number of carboxylic acid groups (broad SMARTS) is 1. The molecule has 6 nitrogen and oxygen atoms in total. The Kier molecular flexibility index (Phi) is 5.14. The van der Waals surface area contributed by atoms with Gasteiger partial charge in [-0.3, -0.25) is 9.59 Å². The molecule has 1 aliphatic rings. The predicted octanol–water partition coefficient (Wildman–Crippen LogP) is 0.178. The van der Waals surface area contributed by atoms with Crippen LogP contribution < -0.4 is 0 Å². The van der Waals surface area contributed by atoms with Crippen molar-refractivity contribution >= 4 is 17.8 Å². The maximum Gasteiger partial charge on any atom is 0.326 e. The van der Waals surface area contributed by atoms with Gasteiger partial charge in [0, 0.05) is 13.6 Å². The summed E-state index contributed by atoms with van der Waals surface area (Å²) in [6.45, 7) is 5.53. The van der Waals surface area contributed by atoms with Crippen LogP contribution in [0.1, 0.15) is 27.2 Å². The minimum atomic E-state index is -1.04. The van der Waals surface area contributed by atoms with E-state index in [4.69, 9.17) is 0 Å². The zero-order chi connectivity index (χ0) is 15.4. The molecule has 1 unspecified atom stereocenters. The number of hydrogen-bond donors (Lipinski definition) is 1. The third-order valence-electron chi connectivity index (χ3n) is 3.45. The smallest absolute Gasteiger partial charge is 0.326 e. The molecule has 1 fully saturated rings. The van der Waals surface area contributed by atoms with Gasteiger partial charge in [0.05, 0.1) is 0 Å². The average Bonchev–Trinajstić information content (AvgIpc) is 2.26. The molecule has 0 aromatic carbocycles. The Morgan fingerprint density at radius 1 is 1.35 bits per heavy atom. The zero-order valence-corrected chi connectivity index (χ0v) is 12.2. The first kappa shape index (κ1) is 16.0. The van der Waals surface area contributed by atoms with E-state index in [2.05, 4.69) is 11.8 Å². The fourth-order valence-electron chi connectivity index (χ4n) is 2.34. The van der Waals surface area contributed by atoms with Crippen molar-refractivity contribution < 1.29 is 19.5 Å². The monoisotopic (exact) mass is 280 g/mol. The summed E-state index contributed by atoms with van der Waals surface area (Å²) in [6, 6.07) is -1.48. The van der Waals surface area contributed by atoms with Crippen LogP contribution >= 0.6 is 0 Å². The molecule has 2 amide bonds. The minimum absolute atomic E-state index is 0.207. The van der Waals surface area contributed by atoms with Gasteiger partial charge < -0.3 is 14.9 Å². The summed E-state index contributed by atoms with van der Waals surface area (Å²) in [5.74, 6) is 2.92. The summed E-state index contributed by atoms with van der Waals surface area (Å²) in [4.78, 5) is 37.8. The molecule has 0 aromatic heterocycles. The van der Waals surface area contributed by atoms with Crippen LogP contribution in [0.25, 0.3) is 0 Å². The fourth-order valence-corrected chi connectivity index (χ4v) is 2.34. The number of amides is 2. The lowest BCUT2D eigenvalue weighted by atomic mass is 9.98. The van der Waals surface area contributed by atoms with E-state index < -0.39 is 18.1 Å². The molecular formula is C14H20N2O4. The van der Waals surface area contributed by atoms with Crippen LogP contribution in [0.4, 0.5) is 0 Å². The van der Waals surface area contributed by atoms with Gasteiger partial charge >= 0.3 is 5.97 Å². The number of aliphatic carboxylic acids is 1. The number of rotatable bonds is 4. The Hall–Kier alpha value is -2.03. The highest BCUT2D eigenvalue weighted by Gasteiger charge is 2.41. The van der Waals surface area contributed by atoms with E-state index in [0.29, 0.717) is 13.0 Å². The molecule has 6 heteroatoms. The Labute approximate surface area is 118 Å². The van der Waals surface area contributed by atoms with E-state index in [1.54, 1.807) is 20.8 Å². The Morgan fingerprint density at radius 3 is 2.30 bits per heavy atom. The molecule has 20 heavy (non-hydrogen) atoms. The van der Waals surface area contributed by atoms with E-state index in [1.165, 1.54) is 16.8 Å². The molecule has 0 aromatic rings. The fraction of sp³-hybridized carbons (Fsp3) is 0.643. The van der Waals surface area contributed by atoms with Gasteiger partial charge in [0.25, 0.3) is 5.91 Å². The van der Waals surface area contributed by atoms with Gasteiger partial charge in [0.15, 0.2) is 0 Å². The van der Waals surface area contributed by atoms with Gasteiger partial charge in [0.2, 0.25) is 5.91 Å². The summed E-state index contributed by atoms with van der Waals surface area (Å²) < 4.78 is 0. The lowest BCUT2D eigenvalue weighted by Gasteiger charge is -2.41. The quantitative estimate of drug-likeness (QED) is 0.745. The van der Waals surface area contributed by atoms with Crippen molar-refractivity contribution in [1.29, 1.82) is 0 Å². The van der Waals surface area contributed by atoms with Crippen LogP contribution in [-0.2, 0) is 14.4 Å². The van der Waals surface area contributed by atoms with Crippen LogP contribution in [0.3, 0.4) is 0 Å². The second-order valence-electron chi connectivity index (χ2n) is 5.15. The largest absolute Gasteiger partial charge is 0.480 e. The molecule has 110 valence electrons. The normalized spacial score (nSPS) is 18.6. The summed E-state index contributed by atoms with van der Waals surface area (Å²) >= 11 is 0. The lowest BCUT2D eigenvalue weighted by Crippen LogP contribution is -2.60. The van der Waals surface area contributed by atoms with Gasteiger partial charge in [-0.05, 0) is 25.2 Å². The average molecular weight is 280 g/mol. The summed E-state index contributed by atoms with van der Waals surface area (Å²) in [6.07, 6.45) is 0.546. The van der Waals surface area contributed by atoms with Gasteiger partial charge in [-0.1, -0.05) is 19.8 Å². The van der Waals surface area contributed by atoms with Crippen molar-refractivity contribution in [3.63, 3.8) is 0 Å². The Balaban J connectivity index is 2.81.